The summed E-state index contributed by atoms with van der Waals surface area (Å²) in [6.45, 7) is 0. The van der Waals surface area contributed by atoms with E-state index in [9.17, 15) is 18.5 Å². The molecule has 0 fully saturated rings. The number of fused-ring (bicyclic) bond motifs is 1. The van der Waals surface area contributed by atoms with Crippen LogP contribution in [-0.4, -0.2) is 24.8 Å². The number of hydrogen-bond acceptors (Lipinski definition) is 7. The molecule has 0 amide bonds. The second kappa shape index (κ2) is 6.82. The molecule has 3 rings (SSSR count). The van der Waals surface area contributed by atoms with E-state index >= 15 is 0 Å². The number of primary sulfonamides is 1. The van der Waals surface area contributed by atoms with Crippen LogP contribution in [0.4, 0.5) is 11.4 Å². The number of thioether (sulfide) groups is 1. The van der Waals surface area contributed by atoms with Crippen LogP contribution >= 0.6 is 11.8 Å². The molecule has 8 nitrogen and oxygen atoms in total. The Balaban J connectivity index is 1.95. The van der Waals surface area contributed by atoms with Crippen molar-refractivity contribution in [2.45, 2.75) is 10.6 Å². The molecule has 0 saturated carbocycles. The highest BCUT2D eigenvalue weighted by Crippen LogP contribution is 2.28. The minimum absolute atomic E-state index is 0.0953. The zero-order valence-corrected chi connectivity index (χ0v) is 14.5. The van der Waals surface area contributed by atoms with Gasteiger partial charge in [-0.05, 0) is 17.7 Å². The lowest BCUT2D eigenvalue weighted by molar-refractivity contribution is -0.384. The molecule has 0 aliphatic carbocycles. The van der Waals surface area contributed by atoms with Gasteiger partial charge >= 0.3 is 0 Å². The minimum atomic E-state index is -4.02. The molecule has 1 aliphatic heterocycles. The molecule has 0 atom stereocenters. The number of hydrazone groups is 1. The van der Waals surface area contributed by atoms with E-state index in [2.05, 4.69) is 10.5 Å². The van der Waals surface area contributed by atoms with Gasteiger partial charge in [0.2, 0.25) is 10.0 Å². The largest absolute Gasteiger partial charge is 0.295 e. The van der Waals surface area contributed by atoms with Crippen molar-refractivity contribution >= 4 is 38.9 Å². The van der Waals surface area contributed by atoms with Crippen molar-refractivity contribution in [3.05, 3.63) is 63.7 Å². The number of nitro benzene ring substituents is 1. The maximum atomic E-state index is 11.4. The fourth-order valence-corrected chi connectivity index (χ4v) is 3.94. The Labute approximate surface area is 148 Å². The highest BCUT2D eigenvalue weighted by molar-refractivity contribution is 7.99. The number of rotatable bonds is 4. The third-order valence-electron chi connectivity index (χ3n) is 3.63. The van der Waals surface area contributed by atoms with Gasteiger partial charge in [0.05, 0.1) is 15.5 Å². The molecule has 0 radical (unpaired) electrons. The van der Waals surface area contributed by atoms with Crippen molar-refractivity contribution in [3.8, 4) is 0 Å². The topological polar surface area (TPSA) is 128 Å². The van der Waals surface area contributed by atoms with Crippen molar-refractivity contribution in [1.29, 1.82) is 0 Å². The van der Waals surface area contributed by atoms with Gasteiger partial charge in [0, 0.05) is 23.1 Å². The van der Waals surface area contributed by atoms with Gasteiger partial charge in [-0.15, -0.1) is 0 Å². The maximum absolute atomic E-state index is 11.4. The van der Waals surface area contributed by atoms with Crippen LogP contribution in [0.25, 0.3) is 0 Å². The van der Waals surface area contributed by atoms with Gasteiger partial charge in [0.1, 0.15) is 5.69 Å². The smallest absolute Gasteiger partial charge is 0.271 e. The number of anilines is 1. The second-order valence-corrected chi connectivity index (χ2v) is 7.85. The zero-order valence-electron chi connectivity index (χ0n) is 12.9. The number of nitrogens with zero attached hydrogens (tertiary/aromatic N) is 2. The van der Waals surface area contributed by atoms with Crippen LogP contribution in [0.15, 0.2) is 52.5 Å². The fraction of sp³-hybridized carbons (Fsp3) is 0.133. The summed E-state index contributed by atoms with van der Waals surface area (Å²) in [5.74, 6) is 1.56. The molecular formula is C15H14N4O4S2. The Morgan fingerprint density at radius 2 is 1.96 bits per heavy atom. The van der Waals surface area contributed by atoms with Crippen LogP contribution in [0.5, 0.6) is 0 Å². The molecule has 1 heterocycles. The van der Waals surface area contributed by atoms with E-state index in [4.69, 9.17) is 5.14 Å². The lowest BCUT2D eigenvalue weighted by Crippen LogP contribution is -2.15. The second-order valence-electron chi connectivity index (χ2n) is 5.30. The summed E-state index contributed by atoms with van der Waals surface area (Å²) in [6.07, 6.45) is 0. The molecule has 3 N–H and O–H groups in total. The van der Waals surface area contributed by atoms with Crippen molar-refractivity contribution in [1.82, 2.24) is 0 Å². The van der Waals surface area contributed by atoms with Gasteiger partial charge in [-0.3, -0.25) is 15.5 Å². The molecule has 2 aromatic rings. The van der Waals surface area contributed by atoms with E-state index in [0.29, 0.717) is 5.75 Å². The van der Waals surface area contributed by atoms with E-state index in [0.717, 1.165) is 28.7 Å². The molecule has 2 aromatic carbocycles. The predicted octanol–water partition coefficient (Wildman–Crippen LogP) is 2.31. The van der Waals surface area contributed by atoms with Gasteiger partial charge in [0.25, 0.3) is 5.69 Å². The fourth-order valence-electron chi connectivity index (χ4n) is 2.42. The monoisotopic (exact) mass is 378 g/mol. The van der Waals surface area contributed by atoms with E-state index < -0.39 is 20.6 Å². The van der Waals surface area contributed by atoms with Gasteiger partial charge < -0.3 is 0 Å². The molecule has 0 saturated heterocycles. The van der Waals surface area contributed by atoms with Crippen LogP contribution in [0, 0.1) is 10.1 Å². The van der Waals surface area contributed by atoms with E-state index in [1.165, 1.54) is 12.1 Å². The zero-order chi connectivity index (χ0) is 18.0. The normalized spacial score (nSPS) is 15.6. The van der Waals surface area contributed by atoms with Crippen LogP contribution in [0.3, 0.4) is 0 Å². The van der Waals surface area contributed by atoms with Crippen molar-refractivity contribution in [2.75, 3.05) is 11.2 Å². The first kappa shape index (κ1) is 17.4. The van der Waals surface area contributed by atoms with Gasteiger partial charge in [0.15, 0.2) is 0 Å². The quantitative estimate of drug-likeness (QED) is 0.621. The Bertz CT molecular complexity index is 973. The van der Waals surface area contributed by atoms with E-state index in [1.807, 2.05) is 24.3 Å². The third-order valence-corrected chi connectivity index (χ3v) is 5.53. The predicted molar refractivity (Wildman–Crippen MR) is 97.2 cm³/mol. The first-order valence-electron chi connectivity index (χ1n) is 7.16. The molecular weight excluding hydrogens is 364 g/mol. The highest BCUT2D eigenvalue weighted by atomic mass is 32.2. The number of nitro groups is 1. The molecule has 0 bridgehead atoms. The van der Waals surface area contributed by atoms with E-state index in [1.54, 1.807) is 11.8 Å². The summed E-state index contributed by atoms with van der Waals surface area (Å²) in [7, 11) is -4.02. The molecule has 0 aromatic heterocycles. The number of sulfonamides is 1. The summed E-state index contributed by atoms with van der Waals surface area (Å²) < 4.78 is 22.7. The van der Waals surface area contributed by atoms with Crippen LogP contribution in [0.1, 0.15) is 11.1 Å². The van der Waals surface area contributed by atoms with Crippen LogP contribution < -0.4 is 10.6 Å². The summed E-state index contributed by atoms with van der Waals surface area (Å²) >= 11 is 1.70. The summed E-state index contributed by atoms with van der Waals surface area (Å²) in [5, 5.41) is 20.5. The lowest BCUT2D eigenvalue weighted by Gasteiger charge is -2.17. The Morgan fingerprint density at radius 1 is 1.20 bits per heavy atom. The standard InChI is InChI=1S/C15H14N4O4S2/c16-25(22,23)11-5-6-13(15(7-11)19(20)21)17-18-14-9-24-8-10-3-1-2-4-12(10)14/h1-7,17H,8-9H2,(H2,16,22,23). The Morgan fingerprint density at radius 3 is 2.68 bits per heavy atom. The number of benzene rings is 2. The number of nitrogens with two attached hydrogens (primary N) is 1. The molecule has 25 heavy (non-hydrogen) atoms. The summed E-state index contributed by atoms with van der Waals surface area (Å²) in [6, 6.07) is 11.2. The summed E-state index contributed by atoms with van der Waals surface area (Å²) in [5.41, 5.74) is 5.29. The number of nitrogens with one attached hydrogen (secondary N) is 1. The van der Waals surface area contributed by atoms with Gasteiger partial charge in [-0.25, -0.2) is 13.6 Å². The molecule has 10 heteroatoms. The first-order valence-corrected chi connectivity index (χ1v) is 9.86. The highest BCUT2D eigenvalue weighted by Gasteiger charge is 2.20. The minimum Gasteiger partial charge on any atom is -0.271 e. The maximum Gasteiger partial charge on any atom is 0.295 e. The van der Waals surface area contributed by atoms with Crippen molar-refractivity contribution in [2.24, 2.45) is 10.2 Å². The summed E-state index contributed by atoms with van der Waals surface area (Å²) in [4.78, 5) is 10.2. The Hall–Kier alpha value is -2.43. The SMILES string of the molecule is NS(=O)(=O)c1ccc(NN=C2CSCc3ccccc32)c([N+](=O)[O-])c1. The first-order chi connectivity index (χ1) is 11.9. The van der Waals surface area contributed by atoms with Crippen LogP contribution in [0.2, 0.25) is 0 Å². The Kier molecular flexibility index (Phi) is 4.75. The average Bonchev–Trinajstić information content (AvgIpc) is 2.58. The number of hydrogen-bond donors (Lipinski definition) is 2. The molecule has 1 aliphatic rings. The average molecular weight is 378 g/mol. The third kappa shape index (κ3) is 3.81. The molecule has 0 spiro atoms. The van der Waals surface area contributed by atoms with Gasteiger partial charge in [-0.1, -0.05) is 24.3 Å². The van der Waals surface area contributed by atoms with Gasteiger partial charge in [-0.2, -0.15) is 16.9 Å². The molecule has 130 valence electrons. The van der Waals surface area contributed by atoms with Crippen molar-refractivity contribution < 1.29 is 13.3 Å². The lowest BCUT2D eigenvalue weighted by atomic mass is 10.0. The van der Waals surface area contributed by atoms with Crippen molar-refractivity contribution in [3.63, 3.8) is 0 Å². The van der Waals surface area contributed by atoms with Crippen LogP contribution in [-0.2, 0) is 15.8 Å². The molecule has 0 unspecified atom stereocenters. The van der Waals surface area contributed by atoms with E-state index in [-0.39, 0.29) is 10.6 Å².